The molecule has 6 heteroatoms. The zero-order chi connectivity index (χ0) is 15.4. The number of hydrogen-bond acceptors (Lipinski definition) is 3. The molecule has 0 fully saturated rings. The van der Waals surface area contributed by atoms with Crippen LogP contribution < -0.4 is 10.1 Å². The number of amides is 1. The fourth-order valence-electron chi connectivity index (χ4n) is 1.68. The number of hydrogen-bond donors (Lipinski definition) is 1. The van der Waals surface area contributed by atoms with E-state index in [0.717, 1.165) is 8.95 Å². The van der Waals surface area contributed by atoms with Crippen LogP contribution in [-0.2, 0) is 0 Å². The first-order valence-corrected chi connectivity index (χ1v) is 7.93. The molecule has 1 aromatic heterocycles. The summed E-state index contributed by atoms with van der Waals surface area (Å²) in [6.45, 7) is 3.82. The first kappa shape index (κ1) is 16.0. The second-order valence-corrected chi connectivity index (χ2v) is 6.47. The lowest BCUT2D eigenvalue weighted by atomic mass is 10.2. The number of aromatic nitrogens is 1. The number of rotatable bonds is 4. The summed E-state index contributed by atoms with van der Waals surface area (Å²) in [4.78, 5) is 16.5. The number of benzene rings is 1. The van der Waals surface area contributed by atoms with Crippen LogP contribution in [-0.4, -0.2) is 17.0 Å². The van der Waals surface area contributed by atoms with Gasteiger partial charge in [0.05, 0.1) is 6.10 Å². The van der Waals surface area contributed by atoms with Crippen molar-refractivity contribution in [3.05, 3.63) is 51.0 Å². The molecular formula is C15H14Br2N2O2. The minimum absolute atomic E-state index is 0.0180. The second kappa shape index (κ2) is 7.04. The Labute approximate surface area is 140 Å². The molecule has 0 aliphatic carbocycles. The highest BCUT2D eigenvalue weighted by Crippen LogP contribution is 2.24. The van der Waals surface area contributed by atoms with Crippen molar-refractivity contribution in [1.29, 1.82) is 0 Å². The number of nitrogens with zero attached hydrogens (tertiary/aromatic N) is 1. The van der Waals surface area contributed by atoms with Gasteiger partial charge in [-0.25, -0.2) is 4.98 Å². The first-order chi connectivity index (χ1) is 9.95. The minimum atomic E-state index is -0.224. The van der Waals surface area contributed by atoms with Gasteiger partial charge in [0.15, 0.2) is 0 Å². The Balaban J connectivity index is 2.23. The molecule has 0 saturated carbocycles. The molecule has 2 aromatic rings. The monoisotopic (exact) mass is 412 g/mol. The Bertz CT molecular complexity index is 640. The summed E-state index contributed by atoms with van der Waals surface area (Å²) in [5.41, 5.74) is 1.09. The fraction of sp³-hybridized carbons (Fsp3) is 0.200. The average molecular weight is 414 g/mol. The van der Waals surface area contributed by atoms with Crippen LogP contribution in [0.25, 0.3) is 0 Å². The summed E-state index contributed by atoms with van der Waals surface area (Å²) in [5.74, 6) is 0.188. The number of carbonyl (C=O) groups is 1. The lowest BCUT2D eigenvalue weighted by Gasteiger charge is -2.13. The third-order valence-corrected chi connectivity index (χ3v) is 3.41. The molecule has 0 spiro atoms. The fourth-order valence-corrected chi connectivity index (χ4v) is 2.98. The van der Waals surface area contributed by atoms with Crippen LogP contribution in [0.1, 0.15) is 24.2 Å². The molecule has 0 bridgehead atoms. The van der Waals surface area contributed by atoms with Crippen LogP contribution in [0.4, 0.5) is 5.69 Å². The van der Waals surface area contributed by atoms with E-state index in [2.05, 4.69) is 42.2 Å². The smallest absolute Gasteiger partial charge is 0.255 e. The molecule has 0 aliphatic heterocycles. The summed E-state index contributed by atoms with van der Waals surface area (Å²) >= 11 is 6.73. The third-order valence-electron chi connectivity index (χ3n) is 2.49. The van der Waals surface area contributed by atoms with Crippen LogP contribution in [0.5, 0.6) is 5.88 Å². The van der Waals surface area contributed by atoms with Crippen molar-refractivity contribution in [3.63, 3.8) is 0 Å². The minimum Gasteiger partial charge on any atom is -0.473 e. The summed E-state index contributed by atoms with van der Waals surface area (Å²) in [7, 11) is 0. The Morgan fingerprint density at radius 1 is 1.24 bits per heavy atom. The van der Waals surface area contributed by atoms with Gasteiger partial charge in [0.2, 0.25) is 5.88 Å². The molecule has 110 valence electrons. The summed E-state index contributed by atoms with van der Waals surface area (Å²) in [6.07, 6.45) is 1.61. The Morgan fingerprint density at radius 3 is 2.52 bits per heavy atom. The van der Waals surface area contributed by atoms with E-state index in [0.29, 0.717) is 17.1 Å². The number of ether oxygens (including phenoxy) is 1. The molecular weight excluding hydrogens is 400 g/mol. The highest BCUT2D eigenvalue weighted by molar-refractivity contribution is 9.11. The number of pyridine rings is 1. The molecule has 21 heavy (non-hydrogen) atoms. The molecule has 0 radical (unpaired) electrons. The molecule has 1 N–H and O–H groups in total. The van der Waals surface area contributed by atoms with E-state index in [1.807, 2.05) is 19.9 Å². The maximum Gasteiger partial charge on any atom is 0.255 e. The van der Waals surface area contributed by atoms with E-state index in [9.17, 15) is 4.79 Å². The average Bonchev–Trinajstić information content (AvgIpc) is 2.39. The van der Waals surface area contributed by atoms with E-state index in [1.54, 1.807) is 30.5 Å². The van der Waals surface area contributed by atoms with Crippen molar-refractivity contribution in [2.45, 2.75) is 20.0 Å². The van der Waals surface area contributed by atoms with E-state index in [4.69, 9.17) is 4.74 Å². The summed E-state index contributed by atoms with van der Waals surface area (Å²) in [5, 5.41) is 2.82. The van der Waals surface area contributed by atoms with Gasteiger partial charge < -0.3 is 10.1 Å². The van der Waals surface area contributed by atoms with E-state index in [1.165, 1.54) is 0 Å². The topological polar surface area (TPSA) is 51.2 Å². The SMILES string of the molecule is CC(C)Oc1ncccc1NC(=O)c1cc(Br)cc(Br)c1. The van der Waals surface area contributed by atoms with Gasteiger partial charge in [0, 0.05) is 20.7 Å². The van der Waals surface area contributed by atoms with Crippen LogP contribution in [0.2, 0.25) is 0 Å². The van der Waals surface area contributed by atoms with Crippen LogP contribution in [0.3, 0.4) is 0 Å². The van der Waals surface area contributed by atoms with Gasteiger partial charge in [0.25, 0.3) is 5.91 Å². The number of halogens is 2. The highest BCUT2D eigenvalue weighted by Gasteiger charge is 2.12. The Hall–Kier alpha value is -1.40. The molecule has 1 heterocycles. The van der Waals surface area contributed by atoms with Crippen molar-refractivity contribution in [1.82, 2.24) is 4.98 Å². The predicted molar refractivity (Wildman–Crippen MR) is 89.8 cm³/mol. The van der Waals surface area contributed by atoms with Gasteiger partial charge in [-0.15, -0.1) is 0 Å². The first-order valence-electron chi connectivity index (χ1n) is 6.35. The van der Waals surface area contributed by atoms with Gasteiger partial charge in [-0.2, -0.15) is 0 Å². The van der Waals surface area contributed by atoms with Gasteiger partial charge in [-0.3, -0.25) is 4.79 Å². The maximum atomic E-state index is 12.3. The van der Waals surface area contributed by atoms with Gasteiger partial charge >= 0.3 is 0 Å². The normalized spacial score (nSPS) is 10.5. The maximum absolute atomic E-state index is 12.3. The predicted octanol–water partition coefficient (Wildman–Crippen LogP) is 4.65. The summed E-state index contributed by atoms with van der Waals surface area (Å²) < 4.78 is 7.24. The zero-order valence-corrected chi connectivity index (χ0v) is 14.7. The van der Waals surface area contributed by atoms with E-state index in [-0.39, 0.29) is 12.0 Å². The molecule has 0 atom stereocenters. The largest absolute Gasteiger partial charge is 0.473 e. The third kappa shape index (κ3) is 4.54. The number of nitrogens with one attached hydrogen (secondary N) is 1. The molecule has 1 amide bonds. The molecule has 4 nitrogen and oxygen atoms in total. The molecule has 2 rings (SSSR count). The molecule has 0 saturated heterocycles. The van der Waals surface area contributed by atoms with E-state index >= 15 is 0 Å². The Kier molecular flexibility index (Phi) is 5.36. The summed E-state index contributed by atoms with van der Waals surface area (Å²) in [6, 6.07) is 8.88. The van der Waals surface area contributed by atoms with Gasteiger partial charge in [0.1, 0.15) is 5.69 Å². The molecule has 0 aliphatic rings. The second-order valence-electron chi connectivity index (χ2n) is 4.63. The van der Waals surface area contributed by atoms with Crippen LogP contribution in [0, 0.1) is 0 Å². The highest BCUT2D eigenvalue weighted by atomic mass is 79.9. The van der Waals surface area contributed by atoms with Crippen molar-refractivity contribution in [3.8, 4) is 5.88 Å². The van der Waals surface area contributed by atoms with Crippen molar-refractivity contribution in [2.24, 2.45) is 0 Å². The lowest BCUT2D eigenvalue weighted by Crippen LogP contribution is -2.15. The van der Waals surface area contributed by atoms with Gasteiger partial charge in [-0.1, -0.05) is 31.9 Å². The van der Waals surface area contributed by atoms with Crippen molar-refractivity contribution >= 4 is 43.5 Å². The van der Waals surface area contributed by atoms with Crippen molar-refractivity contribution < 1.29 is 9.53 Å². The zero-order valence-electron chi connectivity index (χ0n) is 11.6. The van der Waals surface area contributed by atoms with E-state index < -0.39 is 0 Å². The van der Waals surface area contributed by atoms with Crippen molar-refractivity contribution in [2.75, 3.05) is 5.32 Å². The van der Waals surface area contributed by atoms with Crippen LogP contribution >= 0.6 is 31.9 Å². The molecule has 0 unspecified atom stereocenters. The van der Waals surface area contributed by atoms with Crippen LogP contribution in [0.15, 0.2) is 45.5 Å². The van der Waals surface area contributed by atoms with Gasteiger partial charge in [-0.05, 0) is 44.2 Å². The lowest BCUT2D eigenvalue weighted by molar-refractivity contribution is 0.102. The number of carbonyl (C=O) groups excluding carboxylic acids is 1. The quantitative estimate of drug-likeness (QED) is 0.793. The Morgan fingerprint density at radius 2 is 1.90 bits per heavy atom. The molecule has 1 aromatic carbocycles. The number of anilines is 1. The standard InChI is InChI=1S/C15H14Br2N2O2/c1-9(2)21-15-13(4-3-5-18-15)19-14(20)10-6-11(16)8-12(17)7-10/h3-9H,1-2H3,(H,19,20).